The van der Waals surface area contributed by atoms with Crippen molar-refractivity contribution in [2.75, 3.05) is 0 Å². The molecule has 0 aliphatic heterocycles. The number of nitrogens with zero attached hydrogens (tertiary/aromatic N) is 2. The number of benzene rings is 2. The fraction of sp³-hybridized carbons (Fsp3) is 0.269. The third-order valence-corrected chi connectivity index (χ3v) is 5.42. The molecule has 0 N–H and O–H groups in total. The zero-order valence-corrected chi connectivity index (χ0v) is 19.4. The molecule has 164 valence electrons. The molecule has 2 aromatic carbocycles. The Labute approximate surface area is 202 Å². The molecule has 0 amide bonds. The van der Waals surface area contributed by atoms with Gasteiger partial charge in [-0.1, -0.05) is 83.1 Å². The predicted molar refractivity (Wildman–Crippen MR) is 141 cm³/mol. The number of ketones is 1. The number of unbranched alkanes of at least 4 members (excludes halogenated alkanes) is 2. The summed E-state index contributed by atoms with van der Waals surface area (Å²) in [5, 5.41) is 4.39. The van der Waals surface area contributed by atoms with Gasteiger partial charge in [-0.05, 0) is 61.2 Å². The molecule has 4 aromatic rings. The lowest BCUT2D eigenvalue weighted by atomic mass is 10.0. The van der Waals surface area contributed by atoms with Gasteiger partial charge in [-0.2, -0.15) is 0 Å². The van der Waals surface area contributed by atoms with Crippen LogP contribution in [0, 0.1) is 0 Å². The molecule has 0 saturated heterocycles. The normalized spacial score (nSPS) is 9.90. The minimum absolute atomic E-state index is 0. The van der Waals surface area contributed by atoms with Crippen LogP contribution in [0.4, 0.5) is 0 Å². The molecule has 0 aliphatic rings. The van der Waals surface area contributed by atoms with Gasteiger partial charge in [0.25, 0.3) is 0 Å². The quantitative estimate of drug-likeness (QED) is 0.143. The van der Waals surface area contributed by atoms with E-state index in [9.17, 15) is 4.79 Å². The second kappa shape index (κ2) is 13.3. The van der Waals surface area contributed by atoms with Crippen molar-refractivity contribution in [3.8, 4) is 0 Å². The van der Waals surface area contributed by atoms with Crippen LogP contribution in [0.5, 0.6) is 0 Å². The van der Waals surface area contributed by atoms with Gasteiger partial charge in [-0.15, -0.1) is 0 Å². The van der Waals surface area contributed by atoms with E-state index in [2.05, 4.69) is 60.9 Å². The van der Waals surface area contributed by atoms with E-state index in [1.54, 1.807) is 0 Å². The second-order valence-corrected chi connectivity index (χ2v) is 8.37. The Hall–Kier alpha value is -2.11. The molecule has 0 spiro atoms. The first-order valence-corrected chi connectivity index (χ1v) is 11.3. The van der Waals surface area contributed by atoms with Crippen LogP contribution in [0.2, 0.25) is 0 Å². The van der Waals surface area contributed by atoms with Gasteiger partial charge in [0.2, 0.25) is 0 Å². The second-order valence-electron chi connectivity index (χ2n) is 6.75. The summed E-state index contributed by atoms with van der Waals surface area (Å²) in [5.74, 6) is 0.140. The van der Waals surface area contributed by atoms with Crippen molar-refractivity contribution < 1.29 is 4.79 Å². The summed E-state index contributed by atoms with van der Waals surface area (Å²) in [6, 6.07) is 20.0. The Bertz CT molecular complexity index is 1130. The number of carbonyl (C=O) groups is 1. The Morgan fingerprint density at radius 1 is 0.839 bits per heavy atom. The summed E-state index contributed by atoms with van der Waals surface area (Å²) >= 11 is 6.69. The van der Waals surface area contributed by atoms with Crippen LogP contribution in [0.3, 0.4) is 0 Å². The molecule has 0 unspecified atom stereocenters. The molecule has 2 heterocycles. The van der Waals surface area contributed by atoms with Gasteiger partial charge in [-0.25, -0.2) is 9.97 Å². The molecular formula is C26H30Br2N2O. The molecule has 0 radical (unpaired) electrons. The average molecular weight is 546 g/mol. The molecule has 0 bridgehead atoms. The Morgan fingerprint density at radius 3 is 2.16 bits per heavy atom. The Morgan fingerprint density at radius 2 is 1.45 bits per heavy atom. The molecule has 4 rings (SSSR count). The lowest BCUT2D eigenvalue weighted by Crippen LogP contribution is -2.03. The van der Waals surface area contributed by atoms with Crippen molar-refractivity contribution >= 4 is 59.2 Å². The molecule has 0 atom stereocenters. The number of Topliss-reactive ketones (excluding diaryl/α,β-unsaturated/α-hetero) is 1. The fourth-order valence-corrected chi connectivity index (χ4v) is 3.86. The molecule has 0 fully saturated rings. The summed E-state index contributed by atoms with van der Waals surface area (Å²) < 4.78 is 1.61. The van der Waals surface area contributed by atoms with Gasteiger partial charge in [0, 0.05) is 23.4 Å². The van der Waals surface area contributed by atoms with Crippen LogP contribution < -0.4 is 0 Å². The summed E-state index contributed by atoms with van der Waals surface area (Å²) in [6.45, 7) is 2.14. The van der Waals surface area contributed by atoms with Gasteiger partial charge < -0.3 is 0 Å². The van der Waals surface area contributed by atoms with Crippen molar-refractivity contribution in [2.45, 2.75) is 47.5 Å². The van der Waals surface area contributed by atoms with Crippen molar-refractivity contribution in [1.82, 2.24) is 9.97 Å². The molecule has 0 aliphatic carbocycles. The smallest absolute Gasteiger partial charge is 0.181 e. The largest absolute Gasteiger partial charge is 0.292 e. The van der Waals surface area contributed by atoms with E-state index in [1.807, 2.05) is 54.7 Å². The first-order valence-electron chi connectivity index (χ1n) is 9.67. The first-order chi connectivity index (χ1) is 14.1. The van der Waals surface area contributed by atoms with Gasteiger partial charge in [0.05, 0.1) is 0 Å². The van der Waals surface area contributed by atoms with Crippen LogP contribution in [0.25, 0.3) is 21.5 Å². The highest BCUT2D eigenvalue weighted by Crippen LogP contribution is 2.23. The highest BCUT2D eigenvalue weighted by molar-refractivity contribution is 9.10. The van der Waals surface area contributed by atoms with Gasteiger partial charge in [0.15, 0.2) is 5.78 Å². The van der Waals surface area contributed by atoms with Crippen molar-refractivity contribution in [3.05, 3.63) is 81.8 Å². The van der Waals surface area contributed by atoms with E-state index in [4.69, 9.17) is 0 Å². The zero-order chi connectivity index (χ0) is 20.6. The van der Waals surface area contributed by atoms with Crippen molar-refractivity contribution in [2.24, 2.45) is 0 Å². The van der Waals surface area contributed by atoms with E-state index in [-0.39, 0.29) is 20.6 Å². The van der Waals surface area contributed by atoms with Crippen LogP contribution in [-0.2, 0) is 0 Å². The number of carbonyl (C=O) groups excluding carboxylic acids is 1. The predicted octanol–water partition coefficient (Wildman–Crippen LogP) is 9.03. The van der Waals surface area contributed by atoms with Gasteiger partial charge in [-0.3, -0.25) is 4.79 Å². The number of pyridine rings is 2. The minimum atomic E-state index is 0. The molecule has 31 heavy (non-hydrogen) atoms. The summed E-state index contributed by atoms with van der Waals surface area (Å²) in [4.78, 5) is 20.7. The third kappa shape index (κ3) is 7.51. The van der Waals surface area contributed by atoms with E-state index in [1.165, 1.54) is 10.8 Å². The number of hydrogen-bond donors (Lipinski definition) is 0. The van der Waals surface area contributed by atoms with E-state index >= 15 is 0 Å². The van der Waals surface area contributed by atoms with E-state index in [0.29, 0.717) is 12.1 Å². The number of aromatic nitrogens is 2. The standard InChI is InChI=1S/C15H16BrNO.C9H6BrN.2CH4/c1-2-3-4-9-13(18)15-12-8-6-5-7-11(12)10-14(16)17-15;10-9-5-7-3-1-2-4-8(7)6-11-9;;/h5-8,10H,2-4,9H2,1H3;1-6H;2*1H4. The lowest BCUT2D eigenvalue weighted by Gasteiger charge is -2.06. The fourth-order valence-electron chi connectivity index (χ4n) is 3.09. The maximum Gasteiger partial charge on any atom is 0.181 e. The number of halogens is 2. The number of rotatable bonds is 5. The highest BCUT2D eigenvalue weighted by atomic mass is 79.9. The first kappa shape index (κ1) is 26.9. The highest BCUT2D eigenvalue weighted by Gasteiger charge is 2.12. The average Bonchev–Trinajstić information content (AvgIpc) is 2.73. The molecule has 5 heteroatoms. The molecule has 3 nitrogen and oxygen atoms in total. The zero-order valence-electron chi connectivity index (χ0n) is 16.2. The summed E-state index contributed by atoms with van der Waals surface area (Å²) in [7, 11) is 0. The van der Waals surface area contributed by atoms with Crippen LogP contribution >= 0.6 is 31.9 Å². The molecule has 0 saturated carbocycles. The van der Waals surface area contributed by atoms with Crippen molar-refractivity contribution in [1.29, 1.82) is 0 Å². The topological polar surface area (TPSA) is 42.9 Å². The molecule has 2 aromatic heterocycles. The maximum atomic E-state index is 12.2. The number of hydrogen-bond acceptors (Lipinski definition) is 3. The van der Waals surface area contributed by atoms with Crippen molar-refractivity contribution in [3.63, 3.8) is 0 Å². The summed E-state index contributed by atoms with van der Waals surface area (Å²) in [6.07, 6.45) is 5.61. The lowest BCUT2D eigenvalue weighted by molar-refractivity contribution is 0.0976. The van der Waals surface area contributed by atoms with E-state index < -0.39 is 0 Å². The van der Waals surface area contributed by atoms with Crippen LogP contribution in [0.15, 0.2) is 76.1 Å². The van der Waals surface area contributed by atoms with Gasteiger partial charge in [0.1, 0.15) is 14.9 Å². The van der Waals surface area contributed by atoms with Crippen LogP contribution in [0.1, 0.15) is 57.9 Å². The minimum Gasteiger partial charge on any atom is -0.292 e. The SMILES string of the molecule is Brc1cc2ccccc2cn1.C.C.CCCCCC(=O)c1nc(Br)cc2ccccc12. The Balaban J connectivity index is 0.000000320. The monoisotopic (exact) mass is 544 g/mol. The number of fused-ring (bicyclic) bond motifs is 2. The van der Waals surface area contributed by atoms with E-state index in [0.717, 1.165) is 39.2 Å². The van der Waals surface area contributed by atoms with Gasteiger partial charge >= 0.3 is 0 Å². The third-order valence-electron chi connectivity index (χ3n) is 4.58. The summed E-state index contributed by atoms with van der Waals surface area (Å²) in [5.41, 5.74) is 0.594. The van der Waals surface area contributed by atoms with Crippen LogP contribution in [-0.4, -0.2) is 15.8 Å². The molecular weight excluding hydrogens is 516 g/mol. The maximum absolute atomic E-state index is 12.2. The Kier molecular flexibility index (Phi) is 11.6.